The van der Waals surface area contributed by atoms with E-state index in [1.807, 2.05) is 25.1 Å². The highest BCUT2D eigenvalue weighted by atomic mass is 35.5. The van der Waals surface area contributed by atoms with Crippen LogP contribution in [-0.2, 0) is 0 Å². The highest BCUT2D eigenvalue weighted by Gasteiger charge is 2.19. The first-order valence-electron chi connectivity index (χ1n) is 6.81. The van der Waals surface area contributed by atoms with Crippen LogP contribution in [-0.4, -0.2) is 10.8 Å². The molecule has 0 aliphatic heterocycles. The van der Waals surface area contributed by atoms with Crippen molar-refractivity contribution in [3.05, 3.63) is 67.0 Å². The van der Waals surface area contributed by atoms with Gasteiger partial charge in [0, 0.05) is 21.8 Å². The number of hydrogen-bond acceptors (Lipinski definition) is 4. The predicted octanol–water partition coefficient (Wildman–Crippen LogP) is 5.68. The molecule has 0 bridgehead atoms. The molecule has 0 fully saturated rings. The van der Waals surface area contributed by atoms with Crippen LogP contribution in [0.25, 0.3) is 10.1 Å². The summed E-state index contributed by atoms with van der Waals surface area (Å²) < 4.78 is 0.909. The minimum absolute atomic E-state index is 0.00775. The van der Waals surface area contributed by atoms with Crippen molar-refractivity contribution in [2.45, 2.75) is 6.92 Å². The summed E-state index contributed by atoms with van der Waals surface area (Å²) in [4.78, 5) is 23.1. The number of fused-ring (bicyclic) bond motifs is 1. The largest absolute Gasteiger partial charge is 0.321 e. The molecule has 1 heterocycles. The lowest BCUT2D eigenvalue weighted by molar-refractivity contribution is -0.384. The van der Waals surface area contributed by atoms with Gasteiger partial charge in [0.05, 0.1) is 9.95 Å². The second kappa shape index (κ2) is 6.39. The molecule has 3 rings (SSSR count). The Balaban J connectivity index is 1.94. The van der Waals surface area contributed by atoms with Gasteiger partial charge in [-0.3, -0.25) is 14.9 Å². The molecule has 2 aromatic carbocycles. The summed E-state index contributed by atoms with van der Waals surface area (Å²) in [6.07, 6.45) is 0. The molecule has 0 spiro atoms. The zero-order valence-corrected chi connectivity index (χ0v) is 14.6. The monoisotopic (exact) mass is 380 g/mol. The molecule has 1 amide bonds. The number of carbonyl (C=O) groups is 1. The molecule has 0 saturated carbocycles. The van der Waals surface area contributed by atoms with Gasteiger partial charge in [-0.1, -0.05) is 35.3 Å². The zero-order valence-electron chi connectivity index (χ0n) is 12.3. The van der Waals surface area contributed by atoms with Crippen LogP contribution in [0.4, 0.5) is 11.4 Å². The summed E-state index contributed by atoms with van der Waals surface area (Å²) in [7, 11) is 0. The summed E-state index contributed by atoms with van der Waals surface area (Å²) in [5.74, 6) is -0.421. The summed E-state index contributed by atoms with van der Waals surface area (Å²) in [6.45, 7) is 1.96. The number of rotatable bonds is 3. The van der Waals surface area contributed by atoms with Crippen LogP contribution < -0.4 is 5.32 Å². The van der Waals surface area contributed by atoms with E-state index in [0.29, 0.717) is 9.90 Å². The van der Waals surface area contributed by atoms with Gasteiger partial charge < -0.3 is 5.32 Å². The smallest absolute Gasteiger partial charge is 0.289 e. The van der Waals surface area contributed by atoms with Crippen molar-refractivity contribution in [2.75, 3.05) is 5.32 Å². The first-order chi connectivity index (χ1) is 11.4. The van der Waals surface area contributed by atoms with E-state index in [1.54, 1.807) is 0 Å². The van der Waals surface area contributed by atoms with Gasteiger partial charge >= 0.3 is 0 Å². The second-order valence-corrected chi connectivity index (χ2v) is 6.96. The topological polar surface area (TPSA) is 72.2 Å². The van der Waals surface area contributed by atoms with Gasteiger partial charge in [0.25, 0.3) is 11.6 Å². The number of nitrogens with one attached hydrogen (secondary N) is 1. The Labute approximate surface area is 151 Å². The van der Waals surface area contributed by atoms with Gasteiger partial charge in [-0.2, -0.15) is 0 Å². The molecule has 0 saturated heterocycles. The van der Waals surface area contributed by atoms with Gasteiger partial charge in [-0.25, -0.2) is 0 Å². The molecule has 8 heteroatoms. The first-order valence-corrected chi connectivity index (χ1v) is 8.38. The van der Waals surface area contributed by atoms with Crippen LogP contribution in [0, 0.1) is 17.0 Å². The number of benzene rings is 2. The van der Waals surface area contributed by atoms with Gasteiger partial charge in [0.2, 0.25) is 0 Å². The van der Waals surface area contributed by atoms with Crippen molar-refractivity contribution in [1.82, 2.24) is 0 Å². The highest BCUT2D eigenvalue weighted by molar-refractivity contribution is 7.21. The molecule has 122 valence electrons. The SMILES string of the molecule is Cc1ccc2c(Cl)c(C(=O)Nc3ccc(Cl)c([N+](=O)[O-])c3)sc2c1. The Morgan fingerprint density at radius 2 is 1.96 bits per heavy atom. The number of nitro groups is 1. The number of hydrogen-bond donors (Lipinski definition) is 1. The first kappa shape index (κ1) is 16.7. The molecular weight excluding hydrogens is 371 g/mol. The molecule has 24 heavy (non-hydrogen) atoms. The third-order valence-electron chi connectivity index (χ3n) is 3.39. The van der Waals surface area contributed by atoms with E-state index in [0.717, 1.165) is 15.6 Å². The molecular formula is C16H10Cl2N2O3S. The van der Waals surface area contributed by atoms with Crippen LogP contribution >= 0.6 is 34.5 Å². The quantitative estimate of drug-likeness (QED) is 0.469. The fourth-order valence-electron chi connectivity index (χ4n) is 2.24. The Bertz CT molecular complexity index is 985. The standard InChI is InChI=1S/C16H10Cl2N2O3S/c1-8-2-4-10-13(6-8)24-15(14(10)18)16(21)19-9-3-5-11(17)12(7-9)20(22)23/h2-7H,1H3,(H,19,21). The lowest BCUT2D eigenvalue weighted by atomic mass is 10.2. The number of carbonyl (C=O) groups excluding carboxylic acids is 1. The van der Waals surface area contributed by atoms with Gasteiger partial charge in [0.15, 0.2) is 0 Å². The molecule has 1 N–H and O–H groups in total. The van der Waals surface area contributed by atoms with Crippen molar-refractivity contribution in [2.24, 2.45) is 0 Å². The maximum absolute atomic E-state index is 12.5. The Hall–Kier alpha value is -2.15. The number of aryl methyl sites for hydroxylation is 1. The molecule has 5 nitrogen and oxygen atoms in total. The van der Waals surface area contributed by atoms with Crippen molar-refractivity contribution in [1.29, 1.82) is 0 Å². The van der Waals surface area contributed by atoms with Crippen LogP contribution in [0.15, 0.2) is 36.4 Å². The third kappa shape index (κ3) is 3.08. The van der Waals surface area contributed by atoms with E-state index in [2.05, 4.69) is 5.32 Å². The Kier molecular flexibility index (Phi) is 4.45. The molecule has 0 atom stereocenters. The van der Waals surface area contributed by atoms with Crippen molar-refractivity contribution >= 4 is 61.9 Å². The fourth-order valence-corrected chi connectivity index (χ4v) is 3.93. The van der Waals surface area contributed by atoms with Gasteiger partial charge in [-0.15, -0.1) is 11.3 Å². The molecule has 1 aromatic heterocycles. The second-order valence-electron chi connectivity index (χ2n) is 5.12. The maximum atomic E-state index is 12.5. The van der Waals surface area contributed by atoms with Gasteiger partial charge in [-0.05, 0) is 30.7 Å². The molecule has 3 aromatic rings. The minimum atomic E-state index is -0.604. The minimum Gasteiger partial charge on any atom is -0.321 e. The van der Waals surface area contributed by atoms with Crippen LogP contribution in [0.2, 0.25) is 10.0 Å². The van der Waals surface area contributed by atoms with Crippen LogP contribution in [0.1, 0.15) is 15.2 Å². The van der Waals surface area contributed by atoms with Crippen molar-refractivity contribution in [3.8, 4) is 0 Å². The van der Waals surface area contributed by atoms with Gasteiger partial charge in [0.1, 0.15) is 9.90 Å². The van der Waals surface area contributed by atoms with E-state index in [-0.39, 0.29) is 16.4 Å². The molecule has 0 unspecified atom stereocenters. The van der Waals surface area contributed by atoms with E-state index in [1.165, 1.54) is 29.5 Å². The predicted molar refractivity (Wildman–Crippen MR) is 97.6 cm³/mol. The fraction of sp³-hybridized carbons (Fsp3) is 0.0625. The molecule has 0 aliphatic rings. The van der Waals surface area contributed by atoms with Crippen molar-refractivity contribution in [3.63, 3.8) is 0 Å². The van der Waals surface area contributed by atoms with E-state index in [4.69, 9.17) is 23.2 Å². The summed E-state index contributed by atoms with van der Waals surface area (Å²) >= 11 is 13.3. The average Bonchev–Trinajstić information content (AvgIpc) is 2.85. The normalized spacial score (nSPS) is 10.8. The van der Waals surface area contributed by atoms with E-state index in [9.17, 15) is 14.9 Å². The van der Waals surface area contributed by atoms with Crippen LogP contribution in [0.5, 0.6) is 0 Å². The van der Waals surface area contributed by atoms with E-state index < -0.39 is 10.8 Å². The summed E-state index contributed by atoms with van der Waals surface area (Å²) in [5.41, 5.74) is 1.08. The average molecular weight is 381 g/mol. The number of halogens is 2. The Morgan fingerprint density at radius 1 is 1.21 bits per heavy atom. The summed E-state index contributed by atoms with van der Waals surface area (Å²) in [5, 5.41) is 14.7. The number of thiophene rings is 1. The number of nitro benzene ring substituents is 1. The lowest BCUT2D eigenvalue weighted by Gasteiger charge is -2.04. The van der Waals surface area contributed by atoms with Crippen LogP contribution in [0.3, 0.4) is 0 Å². The Morgan fingerprint density at radius 3 is 2.67 bits per heavy atom. The molecule has 0 aliphatic carbocycles. The maximum Gasteiger partial charge on any atom is 0.289 e. The molecule has 0 radical (unpaired) electrons. The highest BCUT2D eigenvalue weighted by Crippen LogP contribution is 2.36. The number of amides is 1. The third-order valence-corrected chi connectivity index (χ3v) is 5.37. The van der Waals surface area contributed by atoms with Crippen molar-refractivity contribution < 1.29 is 9.72 Å². The number of nitrogens with zero attached hydrogens (tertiary/aromatic N) is 1. The van der Waals surface area contributed by atoms with E-state index >= 15 is 0 Å². The number of anilines is 1. The zero-order chi connectivity index (χ0) is 17.4. The summed E-state index contributed by atoms with van der Waals surface area (Å²) in [6, 6.07) is 9.82. The lowest BCUT2D eigenvalue weighted by Crippen LogP contribution is -2.10.